The second-order valence-electron chi connectivity index (χ2n) is 6.70. The van der Waals surface area contributed by atoms with E-state index < -0.39 is 17.8 Å². The van der Waals surface area contributed by atoms with Gasteiger partial charge >= 0.3 is 11.7 Å². The van der Waals surface area contributed by atoms with Gasteiger partial charge in [0.2, 0.25) is 0 Å². The number of esters is 1. The molecule has 144 valence electrons. The van der Waals surface area contributed by atoms with Gasteiger partial charge in [0.05, 0.1) is 5.52 Å². The average Bonchev–Trinajstić information content (AvgIpc) is 2.98. The first-order valence-corrected chi connectivity index (χ1v) is 9.28. The highest BCUT2D eigenvalue weighted by atomic mass is 16.5. The summed E-state index contributed by atoms with van der Waals surface area (Å²) >= 11 is 0. The third kappa shape index (κ3) is 4.87. The van der Waals surface area contributed by atoms with Crippen molar-refractivity contribution in [1.82, 2.24) is 9.88 Å². The van der Waals surface area contributed by atoms with Gasteiger partial charge in [-0.25, -0.2) is 4.79 Å². The number of allylic oxidation sites excluding steroid dienone is 1. The van der Waals surface area contributed by atoms with Crippen molar-refractivity contribution in [3.8, 4) is 0 Å². The molecule has 0 radical (unpaired) electrons. The molecule has 1 aliphatic rings. The molecule has 1 aromatic carbocycles. The van der Waals surface area contributed by atoms with E-state index >= 15 is 0 Å². The Bertz CT molecular complexity index is 908. The molecular weight excluding hydrogens is 348 g/mol. The summed E-state index contributed by atoms with van der Waals surface area (Å²) in [5, 5.41) is 2.79. The van der Waals surface area contributed by atoms with Crippen molar-refractivity contribution in [3.05, 3.63) is 46.5 Å². The number of benzene rings is 1. The van der Waals surface area contributed by atoms with Crippen LogP contribution in [-0.2, 0) is 20.9 Å². The Hall–Kier alpha value is -2.83. The van der Waals surface area contributed by atoms with Gasteiger partial charge < -0.3 is 14.5 Å². The number of hydrogen-bond donors (Lipinski definition) is 1. The minimum Gasteiger partial charge on any atom is -0.451 e. The SMILES string of the molecule is C[C@@H](OC(=O)Cn1c(=O)oc2ccccc21)C(=O)NCCC1=CCCCC1. The van der Waals surface area contributed by atoms with Crippen LogP contribution in [0.25, 0.3) is 11.1 Å². The Morgan fingerprint density at radius 1 is 1.30 bits per heavy atom. The second-order valence-corrected chi connectivity index (χ2v) is 6.70. The lowest BCUT2D eigenvalue weighted by atomic mass is 9.97. The maximum absolute atomic E-state index is 12.1. The summed E-state index contributed by atoms with van der Waals surface area (Å²) in [5.74, 6) is -1.64. The maximum atomic E-state index is 12.1. The van der Waals surface area contributed by atoms with Gasteiger partial charge in [-0.2, -0.15) is 0 Å². The first kappa shape index (κ1) is 18.9. The van der Waals surface area contributed by atoms with Crippen LogP contribution in [0.5, 0.6) is 0 Å². The summed E-state index contributed by atoms with van der Waals surface area (Å²) in [6, 6.07) is 6.82. The van der Waals surface area contributed by atoms with Crippen LogP contribution < -0.4 is 11.1 Å². The van der Waals surface area contributed by atoms with E-state index in [2.05, 4.69) is 11.4 Å². The van der Waals surface area contributed by atoms with Crippen molar-refractivity contribution >= 4 is 23.0 Å². The Labute approximate surface area is 157 Å². The molecule has 7 heteroatoms. The molecule has 0 unspecified atom stereocenters. The van der Waals surface area contributed by atoms with E-state index in [1.165, 1.54) is 29.9 Å². The highest BCUT2D eigenvalue weighted by Crippen LogP contribution is 2.19. The minimum atomic E-state index is -0.924. The van der Waals surface area contributed by atoms with Gasteiger partial charge in [-0.05, 0) is 51.2 Å². The third-order valence-electron chi connectivity index (χ3n) is 4.67. The number of para-hydroxylation sites is 2. The van der Waals surface area contributed by atoms with E-state index in [1.54, 1.807) is 24.3 Å². The number of nitrogens with one attached hydrogen (secondary N) is 1. The first-order chi connectivity index (χ1) is 13.0. The number of carbonyl (C=O) groups is 2. The van der Waals surface area contributed by atoms with Crippen LogP contribution >= 0.6 is 0 Å². The van der Waals surface area contributed by atoms with Gasteiger partial charge in [0.1, 0.15) is 6.54 Å². The molecule has 1 atom stereocenters. The summed E-state index contributed by atoms with van der Waals surface area (Å²) in [6.07, 6.45) is 6.78. The quantitative estimate of drug-likeness (QED) is 0.596. The molecule has 7 nitrogen and oxygen atoms in total. The number of rotatable bonds is 7. The van der Waals surface area contributed by atoms with Gasteiger partial charge in [-0.3, -0.25) is 14.2 Å². The van der Waals surface area contributed by atoms with E-state index in [4.69, 9.17) is 9.15 Å². The van der Waals surface area contributed by atoms with Crippen LogP contribution in [0.3, 0.4) is 0 Å². The normalized spacial score (nSPS) is 15.2. The Morgan fingerprint density at radius 2 is 2.11 bits per heavy atom. The highest BCUT2D eigenvalue weighted by molar-refractivity contribution is 5.83. The summed E-state index contributed by atoms with van der Waals surface area (Å²) in [6.45, 7) is 1.74. The molecular formula is C20H24N2O5. The molecule has 1 N–H and O–H groups in total. The lowest BCUT2D eigenvalue weighted by Crippen LogP contribution is -2.37. The number of nitrogens with zero attached hydrogens (tertiary/aromatic N) is 1. The number of ether oxygens (including phenoxy) is 1. The van der Waals surface area contributed by atoms with Crippen LogP contribution in [0.15, 0.2) is 45.1 Å². The predicted octanol–water partition coefficient (Wildman–Crippen LogP) is 2.53. The fourth-order valence-corrected chi connectivity index (χ4v) is 3.20. The van der Waals surface area contributed by atoms with Crippen molar-refractivity contribution < 1.29 is 18.7 Å². The molecule has 0 bridgehead atoms. The van der Waals surface area contributed by atoms with E-state index in [0.717, 1.165) is 19.3 Å². The molecule has 0 aliphatic heterocycles. The van der Waals surface area contributed by atoms with Crippen LogP contribution in [0.2, 0.25) is 0 Å². The predicted molar refractivity (Wildman–Crippen MR) is 100 cm³/mol. The van der Waals surface area contributed by atoms with Gasteiger partial charge in [-0.1, -0.05) is 23.8 Å². The Balaban J connectivity index is 1.49. The zero-order valence-electron chi connectivity index (χ0n) is 15.4. The Kier molecular flexibility index (Phi) is 6.11. The molecule has 2 aromatic rings. The lowest BCUT2D eigenvalue weighted by Gasteiger charge is -2.15. The Morgan fingerprint density at radius 3 is 2.89 bits per heavy atom. The fourth-order valence-electron chi connectivity index (χ4n) is 3.20. The molecule has 1 aromatic heterocycles. The molecule has 0 saturated heterocycles. The van der Waals surface area contributed by atoms with E-state index in [9.17, 15) is 14.4 Å². The van der Waals surface area contributed by atoms with Crippen LogP contribution in [0.4, 0.5) is 0 Å². The van der Waals surface area contributed by atoms with E-state index in [0.29, 0.717) is 17.6 Å². The van der Waals surface area contributed by atoms with Crippen molar-refractivity contribution in [1.29, 1.82) is 0 Å². The van der Waals surface area contributed by atoms with Crippen LogP contribution in [0, 0.1) is 0 Å². The smallest absolute Gasteiger partial charge is 0.420 e. The van der Waals surface area contributed by atoms with Crippen molar-refractivity contribution in [2.45, 2.75) is 51.7 Å². The number of hydrogen-bond acceptors (Lipinski definition) is 5. The molecule has 0 spiro atoms. The van der Waals surface area contributed by atoms with Gasteiger partial charge in [-0.15, -0.1) is 0 Å². The zero-order chi connectivity index (χ0) is 19.2. The van der Waals surface area contributed by atoms with Gasteiger partial charge in [0.25, 0.3) is 5.91 Å². The maximum Gasteiger partial charge on any atom is 0.420 e. The number of carbonyl (C=O) groups excluding carboxylic acids is 2. The van der Waals surface area contributed by atoms with Crippen molar-refractivity contribution in [2.75, 3.05) is 6.54 Å². The molecule has 1 aliphatic carbocycles. The highest BCUT2D eigenvalue weighted by Gasteiger charge is 2.20. The fraction of sp³-hybridized carbons (Fsp3) is 0.450. The molecule has 27 heavy (non-hydrogen) atoms. The monoisotopic (exact) mass is 372 g/mol. The molecule has 3 rings (SSSR count). The number of amides is 1. The molecule has 0 fully saturated rings. The molecule has 1 heterocycles. The summed E-state index contributed by atoms with van der Waals surface area (Å²) in [4.78, 5) is 36.1. The number of aromatic nitrogens is 1. The number of fused-ring (bicyclic) bond motifs is 1. The van der Waals surface area contributed by atoms with Crippen LogP contribution in [0.1, 0.15) is 39.0 Å². The van der Waals surface area contributed by atoms with Gasteiger partial charge in [0.15, 0.2) is 11.7 Å². The average molecular weight is 372 g/mol. The molecule has 0 saturated carbocycles. The summed E-state index contributed by atoms with van der Waals surface area (Å²) < 4.78 is 11.4. The van der Waals surface area contributed by atoms with Crippen molar-refractivity contribution in [2.24, 2.45) is 0 Å². The van der Waals surface area contributed by atoms with E-state index in [1.807, 2.05) is 0 Å². The van der Waals surface area contributed by atoms with Crippen LogP contribution in [-0.4, -0.2) is 29.1 Å². The number of oxazole rings is 1. The van der Waals surface area contributed by atoms with E-state index in [-0.39, 0.29) is 12.5 Å². The lowest BCUT2D eigenvalue weighted by molar-refractivity contribution is -0.155. The topological polar surface area (TPSA) is 90.5 Å². The van der Waals surface area contributed by atoms with Crippen molar-refractivity contribution in [3.63, 3.8) is 0 Å². The first-order valence-electron chi connectivity index (χ1n) is 9.28. The largest absolute Gasteiger partial charge is 0.451 e. The zero-order valence-corrected chi connectivity index (χ0v) is 15.4. The second kappa shape index (κ2) is 8.70. The minimum absolute atomic E-state index is 0.305. The standard InChI is InChI=1S/C20H24N2O5/c1-14(19(24)21-12-11-15-7-3-2-4-8-15)26-18(23)13-22-16-9-5-6-10-17(16)27-20(22)25/h5-7,9-10,14H,2-4,8,11-13H2,1H3,(H,21,24)/t14-/m1/s1. The third-order valence-corrected chi connectivity index (χ3v) is 4.67. The summed E-state index contributed by atoms with van der Waals surface area (Å²) in [5.41, 5.74) is 2.29. The molecule has 1 amide bonds. The summed E-state index contributed by atoms with van der Waals surface area (Å²) in [7, 11) is 0. The van der Waals surface area contributed by atoms with Gasteiger partial charge in [0, 0.05) is 6.54 Å².